The number of carbonyl (C=O) groups excluding carboxylic acids is 2. The van der Waals surface area contributed by atoms with Gasteiger partial charge in [0.1, 0.15) is 11.6 Å². The van der Waals surface area contributed by atoms with Crippen LogP contribution in [0, 0.1) is 11.6 Å². The predicted octanol–water partition coefficient (Wildman–Crippen LogP) is 5.87. The lowest BCUT2D eigenvalue weighted by molar-refractivity contribution is -0.137. The van der Waals surface area contributed by atoms with Gasteiger partial charge in [-0.25, -0.2) is 8.78 Å². The molecule has 2 heterocycles. The van der Waals surface area contributed by atoms with Gasteiger partial charge < -0.3 is 10.6 Å². The van der Waals surface area contributed by atoms with E-state index in [1.165, 1.54) is 41.1 Å². The van der Waals surface area contributed by atoms with E-state index in [4.69, 9.17) is 11.6 Å². The van der Waals surface area contributed by atoms with Crippen molar-refractivity contribution in [3.8, 4) is 5.69 Å². The number of carbonyl (C=O) groups is 2. The maximum absolute atomic E-state index is 14.1. The highest BCUT2D eigenvalue weighted by molar-refractivity contribution is 6.31. The first-order valence-electron chi connectivity index (χ1n) is 11.2. The molecule has 0 fully saturated rings. The zero-order valence-electron chi connectivity index (χ0n) is 19.4. The van der Waals surface area contributed by atoms with Crippen LogP contribution in [0.15, 0.2) is 77.7 Å². The minimum atomic E-state index is -4.91. The molecular weight excluding hydrogens is 545 g/mol. The molecule has 1 aliphatic rings. The number of pyridine rings is 1. The molecule has 5 rings (SSSR count). The van der Waals surface area contributed by atoms with Gasteiger partial charge in [-0.1, -0.05) is 17.7 Å². The number of benzene rings is 3. The number of amides is 2. The summed E-state index contributed by atoms with van der Waals surface area (Å²) in [5.74, 6) is -3.70. The molecule has 0 bridgehead atoms. The summed E-state index contributed by atoms with van der Waals surface area (Å²) in [5.41, 5.74) is -2.16. The van der Waals surface area contributed by atoms with Gasteiger partial charge in [0, 0.05) is 45.2 Å². The molecule has 12 heteroatoms. The second-order valence-corrected chi connectivity index (χ2v) is 9.02. The standard InChI is InChI=1S/C27H15ClF5N3O3/c28-20-5-4-15(29)10-18(20)24-23-19(26(39)35-24)11-17(36-6-2-1-3-22(36)37)12-21(23)34-25(38)13-7-14(27(31,32)33)9-16(30)8-13/h1-12,24H,(H,34,38)(H,35,39). The van der Waals surface area contributed by atoms with E-state index in [2.05, 4.69) is 10.6 Å². The normalized spacial score (nSPS) is 14.6. The third-order valence-corrected chi connectivity index (χ3v) is 6.42. The van der Waals surface area contributed by atoms with Crippen LogP contribution in [0.3, 0.4) is 0 Å². The van der Waals surface area contributed by atoms with Crippen LogP contribution in [0.2, 0.25) is 5.02 Å². The van der Waals surface area contributed by atoms with Crippen molar-refractivity contribution < 1.29 is 31.5 Å². The molecule has 2 amide bonds. The summed E-state index contributed by atoms with van der Waals surface area (Å²) in [6, 6.07) is 10.8. The molecule has 6 nitrogen and oxygen atoms in total. The Labute approximate surface area is 221 Å². The van der Waals surface area contributed by atoms with E-state index in [0.29, 0.717) is 12.1 Å². The van der Waals surface area contributed by atoms with Crippen molar-refractivity contribution in [2.75, 3.05) is 5.32 Å². The lowest BCUT2D eigenvalue weighted by Crippen LogP contribution is -2.21. The fraction of sp³-hybridized carbons (Fsp3) is 0.0741. The maximum atomic E-state index is 14.1. The molecule has 2 N–H and O–H groups in total. The first-order chi connectivity index (χ1) is 18.4. The molecule has 1 atom stereocenters. The number of hydrogen-bond acceptors (Lipinski definition) is 3. The van der Waals surface area contributed by atoms with Crippen LogP contribution < -0.4 is 16.2 Å². The van der Waals surface area contributed by atoms with Crippen molar-refractivity contribution in [1.82, 2.24) is 9.88 Å². The zero-order valence-corrected chi connectivity index (χ0v) is 20.2. The molecular formula is C27H15ClF5N3O3. The summed E-state index contributed by atoms with van der Waals surface area (Å²) >= 11 is 6.27. The zero-order chi connectivity index (χ0) is 28.1. The lowest BCUT2D eigenvalue weighted by Gasteiger charge is -2.19. The van der Waals surface area contributed by atoms with Crippen LogP contribution in [0.5, 0.6) is 0 Å². The minimum Gasteiger partial charge on any atom is -0.341 e. The molecule has 1 aromatic heterocycles. The van der Waals surface area contributed by atoms with E-state index in [-0.39, 0.29) is 39.2 Å². The van der Waals surface area contributed by atoms with Crippen molar-refractivity contribution in [1.29, 1.82) is 0 Å². The van der Waals surface area contributed by atoms with Gasteiger partial charge in [0.25, 0.3) is 17.4 Å². The number of anilines is 1. The monoisotopic (exact) mass is 559 g/mol. The minimum absolute atomic E-state index is 0.000830. The Morgan fingerprint density at radius 1 is 0.949 bits per heavy atom. The Morgan fingerprint density at radius 3 is 2.44 bits per heavy atom. The van der Waals surface area contributed by atoms with Crippen LogP contribution in [0.1, 0.15) is 43.4 Å². The lowest BCUT2D eigenvalue weighted by atomic mass is 9.95. The van der Waals surface area contributed by atoms with Gasteiger partial charge in [0.2, 0.25) is 0 Å². The van der Waals surface area contributed by atoms with Crippen molar-refractivity contribution in [2.24, 2.45) is 0 Å². The summed E-state index contributed by atoms with van der Waals surface area (Å²) in [6.45, 7) is 0. The smallest absolute Gasteiger partial charge is 0.341 e. The molecule has 0 saturated carbocycles. The van der Waals surface area contributed by atoms with Gasteiger partial charge in [-0.2, -0.15) is 13.2 Å². The van der Waals surface area contributed by atoms with Crippen LogP contribution in [0.25, 0.3) is 5.69 Å². The fourth-order valence-corrected chi connectivity index (χ4v) is 4.58. The Balaban J connectivity index is 1.68. The Morgan fingerprint density at radius 2 is 1.72 bits per heavy atom. The number of alkyl halides is 3. The molecule has 0 aliphatic carbocycles. The van der Waals surface area contributed by atoms with E-state index in [9.17, 15) is 36.3 Å². The fourth-order valence-electron chi connectivity index (χ4n) is 4.35. The number of fused-ring (bicyclic) bond motifs is 1. The topological polar surface area (TPSA) is 80.2 Å². The summed E-state index contributed by atoms with van der Waals surface area (Å²) in [7, 11) is 0. The second-order valence-electron chi connectivity index (χ2n) is 8.62. The molecule has 0 saturated heterocycles. The van der Waals surface area contributed by atoms with Crippen LogP contribution >= 0.6 is 11.6 Å². The SMILES string of the molecule is O=C(Nc1cc(-n2ccccc2=O)cc2c1C(c1cc(F)ccc1Cl)NC2=O)c1cc(F)cc(C(F)(F)F)c1. The van der Waals surface area contributed by atoms with E-state index in [1.807, 2.05) is 0 Å². The van der Waals surface area contributed by atoms with Crippen molar-refractivity contribution in [2.45, 2.75) is 12.2 Å². The molecule has 0 radical (unpaired) electrons. The number of nitrogens with one attached hydrogen (secondary N) is 2. The van der Waals surface area contributed by atoms with Crippen LogP contribution in [-0.4, -0.2) is 16.4 Å². The molecule has 1 unspecified atom stereocenters. The Bertz CT molecular complexity index is 1720. The van der Waals surface area contributed by atoms with Gasteiger partial charge >= 0.3 is 6.18 Å². The van der Waals surface area contributed by atoms with Gasteiger partial charge in [0.05, 0.1) is 17.3 Å². The second kappa shape index (κ2) is 9.66. The van der Waals surface area contributed by atoms with Crippen molar-refractivity contribution >= 4 is 29.1 Å². The van der Waals surface area contributed by atoms with E-state index >= 15 is 0 Å². The highest BCUT2D eigenvalue weighted by Crippen LogP contribution is 2.41. The van der Waals surface area contributed by atoms with Gasteiger partial charge in [0.15, 0.2) is 0 Å². The third-order valence-electron chi connectivity index (χ3n) is 6.08. The van der Waals surface area contributed by atoms with Crippen LogP contribution in [0.4, 0.5) is 27.6 Å². The number of aromatic nitrogens is 1. The number of hydrogen-bond donors (Lipinski definition) is 2. The average Bonchev–Trinajstić information content (AvgIpc) is 3.21. The van der Waals surface area contributed by atoms with E-state index < -0.39 is 52.4 Å². The largest absolute Gasteiger partial charge is 0.416 e. The molecule has 4 aromatic rings. The molecule has 1 aliphatic heterocycles. The quantitative estimate of drug-likeness (QED) is 0.307. The van der Waals surface area contributed by atoms with E-state index in [0.717, 1.165) is 12.1 Å². The summed E-state index contributed by atoms with van der Waals surface area (Å²) < 4.78 is 69.0. The third kappa shape index (κ3) is 5.00. The first-order valence-corrected chi connectivity index (χ1v) is 11.6. The Hall–Kier alpha value is -4.51. The predicted molar refractivity (Wildman–Crippen MR) is 132 cm³/mol. The number of halogens is 6. The summed E-state index contributed by atoms with van der Waals surface area (Å²) in [5, 5.41) is 5.17. The van der Waals surface area contributed by atoms with Gasteiger partial charge in [-0.15, -0.1) is 0 Å². The molecule has 0 spiro atoms. The summed E-state index contributed by atoms with van der Waals surface area (Å²) in [4.78, 5) is 38.6. The van der Waals surface area contributed by atoms with E-state index in [1.54, 1.807) is 6.07 Å². The van der Waals surface area contributed by atoms with Crippen molar-refractivity contribution in [3.05, 3.63) is 128 Å². The van der Waals surface area contributed by atoms with Crippen LogP contribution in [-0.2, 0) is 6.18 Å². The highest BCUT2D eigenvalue weighted by atomic mass is 35.5. The van der Waals surface area contributed by atoms with Gasteiger partial charge in [-0.05, 0) is 54.6 Å². The summed E-state index contributed by atoms with van der Waals surface area (Å²) in [6.07, 6.45) is -3.51. The van der Waals surface area contributed by atoms with Crippen molar-refractivity contribution in [3.63, 3.8) is 0 Å². The first kappa shape index (κ1) is 26.1. The number of rotatable bonds is 4. The Kier molecular flexibility index (Phi) is 6.47. The van der Waals surface area contributed by atoms with Gasteiger partial charge in [-0.3, -0.25) is 19.0 Å². The maximum Gasteiger partial charge on any atom is 0.416 e. The average molecular weight is 560 g/mol. The highest BCUT2D eigenvalue weighted by Gasteiger charge is 2.36. The molecule has 3 aromatic carbocycles. The molecule has 39 heavy (non-hydrogen) atoms. The number of nitrogens with zero attached hydrogens (tertiary/aromatic N) is 1. The molecule has 198 valence electrons.